The van der Waals surface area contributed by atoms with Gasteiger partial charge in [-0.25, -0.2) is 0 Å². The number of unbranched alkanes of at least 4 members (excludes halogenated alkanes) is 1. The van der Waals surface area contributed by atoms with Crippen molar-refractivity contribution >= 4 is 23.5 Å². The lowest BCUT2D eigenvalue weighted by molar-refractivity contribution is 0.284. The zero-order valence-electron chi connectivity index (χ0n) is 15.2. The van der Waals surface area contributed by atoms with Gasteiger partial charge in [0.15, 0.2) is 16.6 Å². The van der Waals surface area contributed by atoms with Crippen molar-refractivity contribution in [1.82, 2.24) is 10.7 Å². The molecule has 2 N–H and O–H groups in total. The molecule has 6 heteroatoms. The second kappa shape index (κ2) is 11.1. The Kier molecular flexibility index (Phi) is 8.42. The molecule has 26 heavy (non-hydrogen) atoms. The summed E-state index contributed by atoms with van der Waals surface area (Å²) in [5.41, 5.74) is 4.80. The summed E-state index contributed by atoms with van der Waals surface area (Å²) in [7, 11) is 1.63. The molecule has 0 aliphatic carbocycles. The smallest absolute Gasteiger partial charge is 0.186 e. The second-order valence-electron chi connectivity index (χ2n) is 5.66. The van der Waals surface area contributed by atoms with Gasteiger partial charge in [-0.1, -0.05) is 43.7 Å². The largest absolute Gasteiger partial charge is 0.493 e. The quantitative estimate of drug-likeness (QED) is 0.303. The van der Waals surface area contributed by atoms with Gasteiger partial charge in [-0.05, 0) is 48.0 Å². The minimum atomic E-state index is 0.474. The van der Waals surface area contributed by atoms with Crippen LogP contribution in [0.4, 0.5) is 0 Å². The van der Waals surface area contributed by atoms with E-state index in [-0.39, 0.29) is 0 Å². The molecule has 0 unspecified atom stereocenters. The molecule has 138 valence electrons. The molecule has 0 amide bonds. The summed E-state index contributed by atoms with van der Waals surface area (Å²) >= 11 is 5.16. The summed E-state index contributed by atoms with van der Waals surface area (Å²) in [6, 6.07) is 15.7. The summed E-state index contributed by atoms with van der Waals surface area (Å²) in [6.07, 6.45) is 3.89. The predicted molar refractivity (Wildman–Crippen MR) is 110 cm³/mol. The number of hydrogen-bond donors (Lipinski definition) is 2. The number of thiocarbonyl (C=S) groups is 1. The summed E-state index contributed by atoms with van der Waals surface area (Å²) in [5, 5.41) is 7.78. The van der Waals surface area contributed by atoms with Crippen LogP contribution in [0, 0.1) is 0 Å². The lowest BCUT2D eigenvalue weighted by atomic mass is 10.2. The van der Waals surface area contributed by atoms with Crippen molar-refractivity contribution < 1.29 is 9.47 Å². The maximum absolute atomic E-state index is 5.90. The van der Waals surface area contributed by atoms with E-state index in [0.717, 1.165) is 30.5 Å². The molecule has 0 aromatic heterocycles. The fourth-order valence-electron chi connectivity index (χ4n) is 2.21. The van der Waals surface area contributed by atoms with E-state index in [4.69, 9.17) is 21.7 Å². The number of hydrazone groups is 1. The van der Waals surface area contributed by atoms with Gasteiger partial charge in [0.2, 0.25) is 0 Å². The first-order valence-corrected chi connectivity index (χ1v) is 9.05. The van der Waals surface area contributed by atoms with Gasteiger partial charge in [-0.3, -0.25) is 5.43 Å². The molecule has 2 aromatic rings. The van der Waals surface area contributed by atoms with Gasteiger partial charge < -0.3 is 14.8 Å². The molecule has 2 aromatic carbocycles. The Morgan fingerprint density at radius 2 is 1.96 bits per heavy atom. The van der Waals surface area contributed by atoms with Crippen LogP contribution in [0.1, 0.15) is 30.9 Å². The molecule has 2 rings (SSSR count). The molecule has 5 nitrogen and oxygen atoms in total. The molecule has 0 saturated carbocycles. The maximum Gasteiger partial charge on any atom is 0.186 e. The Labute approximate surface area is 160 Å². The van der Waals surface area contributed by atoms with Gasteiger partial charge in [0.1, 0.15) is 6.61 Å². The monoisotopic (exact) mass is 371 g/mol. The maximum atomic E-state index is 5.90. The molecule has 0 aliphatic heterocycles. The fraction of sp³-hybridized carbons (Fsp3) is 0.300. The molecule has 0 aliphatic rings. The van der Waals surface area contributed by atoms with Crippen LogP contribution in [-0.2, 0) is 6.61 Å². The lowest BCUT2D eigenvalue weighted by Gasteiger charge is -2.11. The van der Waals surface area contributed by atoms with Crippen molar-refractivity contribution in [1.29, 1.82) is 0 Å². The van der Waals surface area contributed by atoms with Crippen molar-refractivity contribution in [3.05, 3.63) is 59.7 Å². The second-order valence-corrected chi connectivity index (χ2v) is 6.07. The van der Waals surface area contributed by atoms with Crippen molar-refractivity contribution in [3.63, 3.8) is 0 Å². The highest BCUT2D eigenvalue weighted by Gasteiger charge is 2.05. The minimum Gasteiger partial charge on any atom is -0.493 e. The van der Waals surface area contributed by atoms with Crippen molar-refractivity contribution in [2.24, 2.45) is 5.10 Å². The molecule has 0 fully saturated rings. The van der Waals surface area contributed by atoms with E-state index in [1.807, 2.05) is 48.5 Å². The van der Waals surface area contributed by atoms with E-state index in [2.05, 4.69) is 22.8 Å². The minimum absolute atomic E-state index is 0.474. The third kappa shape index (κ3) is 6.72. The molecular weight excluding hydrogens is 346 g/mol. The molecule has 0 atom stereocenters. The van der Waals surface area contributed by atoms with Gasteiger partial charge >= 0.3 is 0 Å². The van der Waals surface area contributed by atoms with Gasteiger partial charge in [0, 0.05) is 6.54 Å². The van der Waals surface area contributed by atoms with E-state index < -0.39 is 0 Å². The van der Waals surface area contributed by atoms with Crippen molar-refractivity contribution in [2.45, 2.75) is 26.4 Å². The van der Waals surface area contributed by atoms with Gasteiger partial charge in [-0.2, -0.15) is 5.10 Å². The van der Waals surface area contributed by atoms with E-state index in [0.29, 0.717) is 23.2 Å². The molecule has 0 bridgehead atoms. The van der Waals surface area contributed by atoms with E-state index >= 15 is 0 Å². The van der Waals surface area contributed by atoms with Crippen LogP contribution < -0.4 is 20.2 Å². The Morgan fingerprint density at radius 1 is 1.15 bits per heavy atom. The summed E-state index contributed by atoms with van der Waals surface area (Å²) in [6.45, 7) is 3.46. The standard InChI is InChI=1S/C20H25N3O2S/c1-3-4-12-21-20(26)23-22-14-17-10-11-18(24-2)19(13-17)25-15-16-8-6-5-7-9-16/h5-11,13-14H,3-4,12,15H2,1-2H3,(H2,21,23,26). The average Bonchev–Trinajstić information content (AvgIpc) is 2.67. The number of nitrogens with one attached hydrogen (secondary N) is 2. The van der Waals surface area contributed by atoms with Gasteiger partial charge in [-0.15, -0.1) is 0 Å². The first kappa shape index (κ1) is 19.7. The third-order valence-electron chi connectivity index (χ3n) is 3.62. The summed E-state index contributed by atoms with van der Waals surface area (Å²) in [4.78, 5) is 0. The first-order chi connectivity index (χ1) is 12.7. The number of rotatable bonds is 9. The number of methoxy groups -OCH3 is 1. The highest BCUT2D eigenvalue weighted by Crippen LogP contribution is 2.28. The molecule has 0 radical (unpaired) electrons. The van der Waals surface area contributed by atoms with Crippen LogP contribution in [-0.4, -0.2) is 25.0 Å². The van der Waals surface area contributed by atoms with Crippen molar-refractivity contribution in [3.8, 4) is 11.5 Å². The number of benzene rings is 2. The molecule has 0 saturated heterocycles. The van der Waals surface area contributed by atoms with E-state index in [9.17, 15) is 0 Å². The van der Waals surface area contributed by atoms with Crippen LogP contribution in [0.3, 0.4) is 0 Å². The number of hydrogen-bond acceptors (Lipinski definition) is 4. The predicted octanol–water partition coefficient (Wildman–Crippen LogP) is 3.87. The Bertz CT molecular complexity index is 720. The number of ether oxygens (including phenoxy) is 2. The van der Waals surface area contributed by atoms with Gasteiger partial charge in [0.25, 0.3) is 0 Å². The van der Waals surface area contributed by atoms with Crippen LogP contribution in [0.15, 0.2) is 53.6 Å². The zero-order chi connectivity index (χ0) is 18.6. The molecular formula is C20H25N3O2S. The highest BCUT2D eigenvalue weighted by molar-refractivity contribution is 7.80. The summed E-state index contributed by atoms with van der Waals surface area (Å²) < 4.78 is 11.3. The molecule has 0 heterocycles. The third-order valence-corrected chi connectivity index (χ3v) is 3.86. The van der Waals surface area contributed by atoms with Crippen LogP contribution in [0.5, 0.6) is 11.5 Å². The summed E-state index contributed by atoms with van der Waals surface area (Å²) in [5.74, 6) is 1.35. The number of nitrogens with zero attached hydrogens (tertiary/aromatic N) is 1. The van der Waals surface area contributed by atoms with Crippen LogP contribution in [0.2, 0.25) is 0 Å². The average molecular weight is 372 g/mol. The zero-order valence-corrected chi connectivity index (χ0v) is 16.0. The Hall–Kier alpha value is -2.60. The molecule has 0 spiro atoms. The van der Waals surface area contributed by atoms with E-state index in [1.165, 1.54) is 0 Å². The highest BCUT2D eigenvalue weighted by atomic mass is 32.1. The van der Waals surface area contributed by atoms with Crippen molar-refractivity contribution in [2.75, 3.05) is 13.7 Å². The Morgan fingerprint density at radius 3 is 2.69 bits per heavy atom. The van der Waals surface area contributed by atoms with Gasteiger partial charge in [0.05, 0.1) is 13.3 Å². The van der Waals surface area contributed by atoms with Crippen LogP contribution in [0.25, 0.3) is 0 Å². The SMILES string of the molecule is CCCCNC(=S)NN=Cc1ccc(OC)c(OCc2ccccc2)c1. The topological polar surface area (TPSA) is 54.9 Å². The Balaban J connectivity index is 1.95. The van der Waals surface area contributed by atoms with Crippen LogP contribution >= 0.6 is 12.2 Å². The fourth-order valence-corrected chi connectivity index (χ4v) is 2.36. The normalized spacial score (nSPS) is 10.5. The van der Waals surface area contributed by atoms with E-state index in [1.54, 1.807) is 13.3 Å². The first-order valence-electron chi connectivity index (χ1n) is 8.64. The lowest BCUT2D eigenvalue weighted by Crippen LogP contribution is -2.32.